The number of piperidine rings is 1. The van der Waals surface area contributed by atoms with E-state index in [0.29, 0.717) is 24.3 Å². The standard InChI is InChI=1S/C19H24N2O4.ClH/c1-13-14-5-3-4-6-15(14)25-18(23)16(13)17(22)21-11-19(12-24-2)7-9-20-10-8-19;/h3-6,20H,7-12H2,1-2H3,(H,21,22);1H. The summed E-state index contributed by atoms with van der Waals surface area (Å²) in [6.07, 6.45) is 1.85. The van der Waals surface area contributed by atoms with Crippen molar-refractivity contribution in [2.45, 2.75) is 19.8 Å². The second-order valence-corrected chi connectivity index (χ2v) is 6.75. The third-order valence-corrected chi connectivity index (χ3v) is 5.04. The second-order valence-electron chi connectivity index (χ2n) is 6.75. The van der Waals surface area contributed by atoms with Crippen LogP contribution < -0.4 is 16.3 Å². The first-order valence-electron chi connectivity index (χ1n) is 8.57. The molecule has 0 saturated carbocycles. The van der Waals surface area contributed by atoms with Crippen LogP contribution in [0.15, 0.2) is 33.5 Å². The molecule has 0 unspecified atom stereocenters. The van der Waals surface area contributed by atoms with Crippen molar-refractivity contribution in [3.05, 3.63) is 45.8 Å². The summed E-state index contributed by atoms with van der Waals surface area (Å²) in [5.74, 6) is -0.383. The van der Waals surface area contributed by atoms with Crippen LogP contribution in [0.1, 0.15) is 28.8 Å². The highest BCUT2D eigenvalue weighted by molar-refractivity contribution is 5.99. The van der Waals surface area contributed by atoms with Crippen molar-refractivity contribution in [2.75, 3.05) is 33.4 Å². The van der Waals surface area contributed by atoms with Gasteiger partial charge in [-0.3, -0.25) is 4.79 Å². The van der Waals surface area contributed by atoms with Crippen LogP contribution in [0, 0.1) is 12.3 Å². The summed E-state index contributed by atoms with van der Waals surface area (Å²) in [5.41, 5.74) is 0.534. The lowest BCUT2D eigenvalue weighted by atomic mass is 9.79. The SMILES string of the molecule is COCC1(CNC(=O)c2c(C)c3ccccc3oc2=O)CCNCC1.Cl. The Morgan fingerprint density at radius 1 is 1.31 bits per heavy atom. The van der Waals surface area contributed by atoms with Crippen molar-refractivity contribution in [2.24, 2.45) is 5.41 Å². The molecule has 3 rings (SSSR count). The number of para-hydroxylation sites is 1. The monoisotopic (exact) mass is 380 g/mol. The number of carbonyl (C=O) groups is 1. The number of methoxy groups -OCH3 is 1. The van der Waals surface area contributed by atoms with E-state index in [-0.39, 0.29) is 29.3 Å². The fourth-order valence-electron chi connectivity index (χ4n) is 3.56. The van der Waals surface area contributed by atoms with E-state index >= 15 is 0 Å². The Labute approximate surface area is 158 Å². The summed E-state index contributed by atoms with van der Waals surface area (Å²) in [6, 6.07) is 7.24. The van der Waals surface area contributed by atoms with Crippen molar-refractivity contribution in [1.29, 1.82) is 0 Å². The number of halogens is 1. The van der Waals surface area contributed by atoms with E-state index in [1.54, 1.807) is 26.2 Å². The van der Waals surface area contributed by atoms with Crippen molar-refractivity contribution in [3.8, 4) is 0 Å². The van der Waals surface area contributed by atoms with E-state index in [1.165, 1.54) is 0 Å². The number of nitrogens with one attached hydrogen (secondary N) is 2. The average Bonchev–Trinajstić information content (AvgIpc) is 2.61. The number of aryl methyl sites for hydroxylation is 1. The number of hydrogen-bond acceptors (Lipinski definition) is 5. The number of ether oxygens (including phenoxy) is 1. The van der Waals surface area contributed by atoms with Crippen LogP contribution in [0.25, 0.3) is 11.0 Å². The van der Waals surface area contributed by atoms with Crippen LogP contribution in [0.4, 0.5) is 0 Å². The first-order valence-corrected chi connectivity index (χ1v) is 8.57. The molecule has 1 amide bonds. The normalized spacial score (nSPS) is 16.1. The van der Waals surface area contributed by atoms with Gasteiger partial charge in [0.25, 0.3) is 5.91 Å². The highest BCUT2D eigenvalue weighted by Crippen LogP contribution is 2.28. The number of rotatable bonds is 5. The molecule has 6 nitrogen and oxygen atoms in total. The van der Waals surface area contributed by atoms with Gasteiger partial charge in [0, 0.05) is 24.5 Å². The fourth-order valence-corrected chi connectivity index (χ4v) is 3.56. The van der Waals surface area contributed by atoms with Gasteiger partial charge in [-0.05, 0) is 44.5 Å². The van der Waals surface area contributed by atoms with Crippen molar-refractivity contribution >= 4 is 29.3 Å². The van der Waals surface area contributed by atoms with Crippen LogP contribution in [-0.4, -0.2) is 39.3 Å². The lowest BCUT2D eigenvalue weighted by Crippen LogP contribution is -2.47. The summed E-state index contributed by atoms with van der Waals surface area (Å²) < 4.78 is 10.7. The number of hydrogen-bond donors (Lipinski definition) is 2. The van der Waals surface area contributed by atoms with Gasteiger partial charge in [0.15, 0.2) is 0 Å². The molecular weight excluding hydrogens is 356 g/mol. The molecule has 1 aromatic carbocycles. The Balaban J connectivity index is 0.00000243. The molecule has 0 bridgehead atoms. The highest BCUT2D eigenvalue weighted by atomic mass is 35.5. The Bertz CT molecular complexity index is 822. The molecule has 1 aliphatic rings. The average molecular weight is 381 g/mol. The van der Waals surface area contributed by atoms with Gasteiger partial charge in [-0.2, -0.15) is 0 Å². The van der Waals surface area contributed by atoms with Gasteiger partial charge >= 0.3 is 5.63 Å². The van der Waals surface area contributed by atoms with Gasteiger partial charge in [0.2, 0.25) is 0 Å². The number of carbonyl (C=O) groups excluding carboxylic acids is 1. The Morgan fingerprint density at radius 3 is 2.69 bits per heavy atom. The first kappa shape index (κ1) is 20.4. The molecule has 1 aromatic heterocycles. The Hall–Kier alpha value is -1.89. The van der Waals surface area contributed by atoms with Crippen LogP contribution >= 0.6 is 12.4 Å². The zero-order valence-corrected chi connectivity index (χ0v) is 15.9. The van der Waals surface area contributed by atoms with Gasteiger partial charge in [-0.25, -0.2) is 4.79 Å². The minimum Gasteiger partial charge on any atom is -0.422 e. The van der Waals surface area contributed by atoms with E-state index in [0.717, 1.165) is 31.3 Å². The number of amides is 1. The minimum atomic E-state index is -0.597. The van der Waals surface area contributed by atoms with Crippen molar-refractivity contribution in [1.82, 2.24) is 10.6 Å². The van der Waals surface area contributed by atoms with Gasteiger partial charge in [-0.15, -0.1) is 12.4 Å². The van der Waals surface area contributed by atoms with E-state index in [9.17, 15) is 9.59 Å². The van der Waals surface area contributed by atoms with Gasteiger partial charge in [0.1, 0.15) is 11.1 Å². The summed E-state index contributed by atoms with van der Waals surface area (Å²) in [4.78, 5) is 25.0. The molecule has 142 valence electrons. The topological polar surface area (TPSA) is 80.6 Å². The molecule has 2 aromatic rings. The smallest absolute Gasteiger partial charge is 0.349 e. The first-order chi connectivity index (χ1) is 12.1. The maximum Gasteiger partial charge on any atom is 0.349 e. The number of fused-ring (bicyclic) bond motifs is 1. The summed E-state index contributed by atoms with van der Waals surface area (Å²) in [6.45, 7) is 4.64. The van der Waals surface area contributed by atoms with Crippen LogP contribution in [0.5, 0.6) is 0 Å². The van der Waals surface area contributed by atoms with E-state index < -0.39 is 5.63 Å². The Kier molecular flexibility index (Phi) is 6.81. The predicted molar refractivity (Wildman–Crippen MR) is 103 cm³/mol. The molecule has 2 heterocycles. The summed E-state index contributed by atoms with van der Waals surface area (Å²) in [5, 5.41) is 7.03. The second kappa shape index (κ2) is 8.66. The molecular formula is C19H25ClN2O4. The van der Waals surface area contributed by atoms with Crippen LogP contribution in [0.3, 0.4) is 0 Å². The molecule has 0 aliphatic carbocycles. The maximum atomic E-state index is 12.7. The largest absolute Gasteiger partial charge is 0.422 e. The van der Waals surface area contributed by atoms with E-state index in [4.69, 9.17) is 9.15 Å². The van der Waals surface area contributed by atoms with Gasteiger partial charge in [-0.1, -0.05) is 18.2 Å². The lowest BCUT2D eigenvalue weighted by molar-refractivity contribution is 0.0511. The molecule has 0 atom stereocenters. The molecule has 26 heavy (non-hydrogen) atoms. The number of benzene rings is 1. The summed E-state index contributed by atoms with van der Waals surface area (Å²) in [7, 11) is 1.67. The third-order valence-electron chi connectivity index (χ3n) is 5.04. The zero-order valence-electron chi connectivity index (χ0n) is 15.1. The van der Waals surface area contributed by atoms with Gasteiger partial charge in [0.05, 0.1) is 6.61 Å². The molecule has 7 heteroatoms. The molecule has 2 N–H and O–H groups in total. The molecule has 0 radical (unpaired) electrons. The van der Waals surface area contributed by atoms with Crippen LogP contribution in [-0.2, 0) is 4.74 Å². The Morgan fingerprint density at radius 2 is 2.00 bits per heavy atom. The zero-order chi connectivity index (χ0) is 17.9. The van der Waals surface area contributed by atoms with E-state index in [2.05, 4.69) is 10.6 Å². The van der Waals surface area contributed by atoms with E-state index in [1.807, 2.05) is 12.1 Å². The van der Waals surface area contributed by atoms with Crippen molar-refractivity contribution < 1.29 is 13.9 Å². The quantitative estimate of drug-likeness (QED) is 0.778. The molecule has 1 saturated heterocycles. The summed E-state index contributed by atoms with van der Waals surface area (Å²) >= 11 is 0. The van der Waals surface area contributed by atoms with Crippen LogP contribution in [0.2, 0.25) is 0 Å². The minimum absolute atomic E-state index is 0. The van der Waals surface area contributed by atoms with Crippen molar-refractivity contribution in [3.63, 3.8) is 0 Å². The fraction of sp³-hybridized carbons (Fsp3) is 0.474. The lowest BCUT2D eigenvalue weighted by Gasteiger charge is -2.37. The predicted octanol–water partition coefficient (Wildman–Crippen LogP) is 2.27. The molecule has 1 aliphatic heterocycles. The maximum absolute atomic E-state index is 12.7. The molecule has 1 fully saturated rings. The third kappa shape index (κ3) is 4.09. The molecule has 0 spiro atoms. The highest BCUT2D eigenvalue weighted by Gasteiger charge is 2.33. The van der Waals surface area contributed by atoms with Gasteiger partial charge < -0.3 is 19.8 Å².